The Morgan fingerprint density at radius 1 is 0.815 bits per heavy atom. The van der Waals surface area contributed by atoms with Gasteiger partial charge in [0.2, 0.25) is 5.91 Å². The van der Waals surface area contributed by atoms with Crippen molar-refractivity contribution >= 4 is 17.5 Å². The molecular weight excluding hydrogens is 340 g/mol. The van der Waals surface area contributed by atoms with Gasteiger partial charge < -0.3 is 14.7 Å². The molecule has 3 fully saturated rings. The summed E-state index contributed by atoms with van der Waals surface area (Å²) < 4.78 is 0. The van der Waals surface area contributed by atoms with Crippen LogP contribution in [0, 0.1) is 6.92 Å². The van der Waals surface area contributed by atoms with E-state index in [0.29, 0.717) is 12.5 Å². The number of hydrogen-bond donors (Lipinski definition) is 0. The number of nitrogens with zero attached hydrogens (tertiary/aromatic N) is 6. The Hall–Kier alpha value is -1.89. The maximum Gasteiger partial charge on any atom is 0.236 e. The van der Waals surface area contributed by atoms with Crippen LogP contribution in [0.1, 0.15) is 37.9 Å². The van der Waals surface area contributed by atoms with Crippen molar-refractivity contribution in [3.63, 3.8) is 0 Å². The summed E-state index contributed by atoms with van der Waals surface area (Å²) >= 11 is 0. The van der Waals surface area contributed by atoms with Crippen molar-refractivity contribution in [2.24, 2.45) is 0 Å². The second kappa shape index (κ2) is 8.42. The van der Waals surface area contributed by atoms with Crippen LogP contribution in [0.25, 0.3) is 0 Å². The maximum absolute atomic E-state index is 12.5. The summed E-state index contributed by atoms with van der Waals surface area (Å²) in [5, 5.41) is 0. The van der Waals surface area contributed by atoms with Gasteiger partial charge >= 0.3 is 0 Å². The Morgan fingerprint density at radius 3 is 2.00 bits per heavy atom. The predicted octanol–water partition coefficient (Wildman–Crippen LogP) is 1.52. The van der Waals surface area contributed by atoms with E-state index in [0.717, 1.165) is 82.7 Å². The molecule has 0 aromatic carbocycles. The van der Waals surface area contributed by atoms with Gasteiger partial charge in [0, 0.05) is 58.4 Å². The van der Waals surface area contributed by atoms with Crippen molar-refractivity contribution in [2.75, 3.05) is 68.7 Å². The molecule has 0 radical (unpaired) electrons. The molecule has 3 saturated heterocycles. The van der Waals surface area contributed by atoms with Gasteiger partial charge in [-0.25, -0.2) is 9.97 Å². The van der Waals surface area contributed by atoms with Crippen LogP contribution in [-0.2, 0) is 4.79 Å². The van der Waals surface area contributed by atoms with E-state index in [4.69, 9.17) is 0 Å². The molecule has 0 aliphatic carbocycles. The zero-order valence-electron chi connectivity index (χ0n) is 16.6. The Balaban J connectivity index is 1.33. The van der Waals surface area contributed by atoms with Gasteiger partial charge in [-0.1, -0.05) is 0 Å². The lowest BCUT2D eigenvalue weighted by Crippen LogP contribution is -2.51. The second-order valence-corrected chi connectivity index (χ2v) is 8.03. The van der Waals surface area contributed by atoms with E-state index in [1.165, 1.54) is 19.3 Å². The van der Waals surface area contributed by atoms with E-state index >= 15 is 0 Å². The first-order valence-corrected chi connectivity index (χ1v) is 10.5. The number of rotatable bonds is 4. The van der Waals surface area contributed by atoms with E-state index in [1.807, 2.05) is 11.8 Å². The molecule has 27 heavy (non-hydrogen) atoms. The molecule has 148 valence electrons. The van der Waals surface area contributed by atoms with E-state index in [-0.39, 0.29) is 0 Å². The summed E-state index contributed by atoms with van der Waals surface area (Å²) in [5.41, 5.74) is 0. The molecule has 1 amide bonds. The number of aromatic nitrogens is 2. The SMILES string of the molecule is Cc1nc(N2CCCC2)cc(N2CCN(CC(=O)N3CCCCC3)CC2)n1. The fourth-order valence-electron chi connectivity index (χ4n) is 4.38. The first kappa shape index (κ1) is 18.5. The summed E-state index contributed by atoms with van der Waals surface area (Å²) in [6, 6.07) is 2.15. The number of hydrogen-bond acceptors (Lipinski definition) is 6. The molecule has 1 aromatic rings. The molecule has 3 aliphatic heterocycles. The quantitative estimate of drug-likeness (QED) is 0.799. The van der Waals surface area contributed by atoms with Crippen molar-refractivity contribution < 1.29 is 4.79 Å². The molecule has 7 heteroatoms. The molecule has 4 heterocycles. The molecule has 0 bridgehead atoms. The Morgan fingerprint density at radius 2 is 1.37 bits per heavy atom. The largest absolute Gasteiger partial charge is 0.356 e. The van der Waals surface area contributed by atoms with Gasteiger partial charge in [0.15, 0.2) is 0 Å². The lowest BCUT2D eigenvalue weighted by atomic mass is 10.1. The van der Waals surface area contributed by atoms with Gasteiger partial charge in [0.25, 0.3) is 0 Å². The number of carbonyl (C=O) groups is 1. The minimum atomic E-state index is 0.303. The van der Waals surface area contributed by atoms with Crippen LogP contribution in [0.2, 0.25) is 0 Å². The molecule has 4 rings (SSSR count). The zero-order valence-corrected chi connectivity index (χ0v) is 16.6. The van der Waals surface area contributed by atoms with E-state index in [1.54, 1.807) is 0 Å². The van der Waals surface area contributed by atoms with Crippen LogP contribution < -0.4 is 9.80 Å². The minimum Gasteiger partial charge on any atom is -0.356 e. The summed E-state index contributed by atoms with van der Waals surface area (Å²) in [5.74, 6) is 3.25. The molecule has 3 aliphatic rings. The standard InChI is InChI=1S/C20H32N6O/c1-17-21-18(24-7-5-6-8-24)15-19(22-17)25-13-11-23(12-14-25)16-20(27)26-9-3-2-4-10-26/h15H,2-14,16H2,1H3. The van der Waals surface area contributed by atoms with E-state index in [2.05, 4.69) is 30.7 Å². The minimum absolute atomic E-state index is 0.303. The Labute approximate surface area is 162 Å². The van der Waals surface area contributed by atoms with Gasteiger partial charge in [-0.2, -0.15) is 0 Å². The average molecular weight is 373 g/mol. The second-order valence-electron chi connectivity index (χ2n) is 8.03. The monoisotopic (exact) mass is 372 g/mol. The number of anilines is 2. The first-order chi connectivity index (χ1) is 13.2. The predicted molar refractivity (Wildman–Crippen MR) is 107 cm³/mol. The Bertz CT molecular complexity index is 646. The van der Waals surface area contributed by atoms with Gasteiger partial charge in [-0.15, -0.1) is 0 Å². The lowest BCUT2D eigenvalue weighted by Gasteiger charge is -2.36. The normalized spacial score (nSPS) is 21.7. The third-order valence-corrected chi connectivity index (χ3v) is 6.00. The summed E-state index contributed by atoms with van der Waals surface area (Å²) in [6.07, 6.45) is 6.09. The van der Waals surface area contributed by atoms with Crippen LogP contribution in [0.15, 0.2) is 6.07 Å². The molecule has 0 saturated carbocycles. The van der Waals surface area contributed by atoms with Gasteiger partial charge in [0.1, 0.15) is 17.5 Å². The highest BCUT2D eigenvalue weighted by Gasteiger charge is 2.24. The molecule has 0 N–H and O–H groups in total. The topological polar surface area (TPSA) is 55.8 Å². The molecule has 7 nitrogen and oxygen atoms in total. The zero-order chi connectivity index (χ0) is 18.6. The van der Waals surface area contributed by atoms with Gasteiger partial charge in [0.05, 0.1) is 6.54 Å². The summed E-state index contributed by atoms with van der Waals surface area (Å²) in [7, 11) is 0. The van der Waals surface area contributed by atoms with Crippen molar-refractivity contribution in [2.45, 2.75) is 39.0 Å². The molecule has 1 aromatic heterocycles. The van der Waals surface area contributed by atoms with E-state index in [9.17, 15) is 4.79 Å². The van der Waals surface area contributed by atoms with Gasteiger partial charge in [-0.3, -0.25) is 9.69 Å². The van der Waals surface area contributed by atoms with Crippen molar-refractivity contribution in [3.05, 3.63) is 11.9 Å². The maximum atomic E-state index is 12.5. The highest BCUT2D eigenvalue weighted by molar-refractivity contribution is 5.78. The fraction of sp³-hybridized carbons (Fsp3) is 0.750. The number of carbonyl (C=O) groups excluding carboxylic acids is 1. The van der Waals surface area contributed by atoms with Crippen LogP contribution in [0.3, 0.4) is 0 Å². The van der Waals surface area contributed by atoms with Gasteiger partial charge in [-0.05, 0) is 39.0 Å². The van der Waals surface area contributed by atoms with Crippen LogP contribution in [0.5, 0.6) is 0 Å². The lowest BCUT2D eigenvalue weighted by molar-refractivity contribution is -0.133. The van der Waals surface area contributed by atoms with Crippen molar-refractivity contribution in [1.82, 2.24) is 19.8 Å². The number of aryl methyl sites for hydroxylation is 1. The summed E-state index contributed by atoms with van der Waals surface area (Å²) in [6.45, 7) is 10.3. The third-order valence-electron chi connectivity index (χ3n) is 6.00. The fourth-order valence-corrected chi connectivity index (χ4v) is 4.38. The number of likely N-dealkylation sites (tertiary alicyclic amines) is 1. The molecule has 0 atom stereocenters. The summed E-state index contributed by atoms with van der Waals surface area (Å²) in [4.78, 5) is 30.9. The first-order valence-electron chi connectivity index (χ1n) is 10.5. The van der Waals surface area contributed by atoms with Crippen molar-refractivity contribution in [3.8, 4) is 0 Å². The number of amides is 1. The number of piperazine rings is 1. The smallest absolute Gasteiger partial charge is 0.236 e. The Kier molecular flexibility index (Phi) is 5.76. The molecule has 0 unspecified atom stereocenters. The highest BCUT2D eigenvalue weighted by atomic mass is 16.2. The van der Waals surface area contributed by atoms with Crippen LogP contribution in [-0.4, -0.2) is 84.6 Å². The van der Waals surface area contributed by atoms with Crippen LogP contribution >= 0.6 is 0 Å². The average Bonchev–Trinajstić information content (AvgIpc) is 3.24. The molecular formula is C20H32N6O. The molecule has 0 spiro atoms. The van der Waals surface area contributed by atoms with Crippen molar-refractivity contribution in [1.29, 1.82) is 0 Å². The van der Waals surface area contributed by atoms with E-state index < -0.39 is 0 Å². The third kappa shape index (κ3) is 4.51. The highest BCUT2D eigenvalue weighted by Crippen LogP contribution is 2.23. The number of piperidine rings is 1. The van der Waals surface area contributed by atoms with Crippen LogP contribution in [0.4, 0.5) is 11.6 Å².